The molecule has 2 heteroatoms. The van der Waals surface area contributed by atoms with Crippen molar-refractivity contribution in [3.8, 4) is 5.75 Å². The van der Waals surface area contributed by atoms with Gasteiger partial charge in [0.15, 0.2) is 0 Å². The Morgan fingerprint density at radius 3 is 2.24 bits per heavy atom. The van der Waals surface area contributed by atoms with Gasteiger partial charge in [-0.15, -0.1) is 13.2 Å². The largest absolute Gasteiger partial charge is 0.496 e. The highest BCUT2D eigenvalue weighted by Gasteiger charge is 1.95. The Labute approximate surface area is 126 Å². The van der Waals surface area contributed by atoms with Crippen molar-refractivity contribution in [2.75, 3.05) is 7.11 Å². The topological polar surface area (TPSA) is 22.4 Å². The average molecular weight is 282 g/mol. The van der Waals surface area contributed by atoms with Crippen LogP contribution in [-0.2, 0) is 6.42 Å². The predicted octanol–water partition coefficient (Wildman–Crippen LogP) is 5.49. The summed E-state index contributed by atoms with van der Waals surface area (Å²) in [5, 5.41) is 1.16. The van der Waals surface area contributed by atoms with Crippen LogP contribution in [0.3, 0.4) is 0 Å². The normalized spacial score (nSPS) is 9.05. The molecular formula is C19H22O2. The molecule has 3 aromatic rings. The molecule has 0 aliphatic rings. The maximum Gasteiger partial charge on any atom is 0.133 e. The zero-order valence-corrected chi connectivity index (χ0v) is 12.7. The number of para-hydroxylation sites is 2. The van der Waals surface area contributed by atoms with E-state index in [1.165, 1.54) is 5.56 Å². The molecule has 0 spiro atoms. The smallest absolute Gasteiger partial charge is 0.133 e. The minimum absolute atomic E-state index is 0.956. The van der Waals surface area contributed by atoms with Crippen LogP contribution in [0.5, 0.6) is 5.75 Å². The Morgan fingerprint density at radius 2 is 1.62 bits per heavy atom. The lowest BCUT2D eigenvalue weighted by atomic mass is 10.1. The number of hydrogen-bond donors (Lipinski definition) is 0. The Kier molecular flexibility index (Phi) is 7.44. The number of methoxy groups -OCH3 is 1. The van der Waals surface area contributed by atoms with Crippen molar-refractivity contribution in [3.63, 3.8) is 0 Å². The van der Waals surface area contributed by atoms with E-state index in [2.05, 4.69) is 26.1 Å². The molecule has 0 bridgehead atoms. The summed E-state index contributed by atoms with van der Waals surface area (Å²) in [6.07, 6.45) is 2.73. The van der Waals surface area contributed by atoms with Crippen molar-refractivity contribution in [1.82, 2.24) is 0 Å². The van der Waals surface area contributed by atoms with Crippen LogP contribution in [0.1, 0.15) is 12.5 Å². The van der Waals surface area contributed by atoms with E-state index in [1.807, 2.05) is 48.5 Å². The van der Waals surface area contributed by atoms with Crippen molar-refractivity contribution in [1.29, 1.82) is 0 Å². The number of fused-ring (bicyclic) bond motifs is 1. The van der Waals surface area contributed by atoms with Gasteiger partial charge in [0.2, 0.25) is 0 Å². The quantitative estimate of drug-likeness (QED) is 0.580. The summed E-state index contributed by atoms with van der Waals surface area (Å²) in [6, 6.07) is 18.0. The van der Waals surface area contributed by atoms with Crippen LogP contribution in [-0.4, -0.2) is 7.11 Å². The van der Waals surface area contributed by atoms with Gasteiger partial charge < -0.3 is 9.15 Å². The van der Waals surface area contributed by atoms with Crippen LogP contribution >= 0.6 is 0 Å². The van der Waals surface area contributed by atoms with E-state index in [0.717, 1.165) is 23.1 Å². The molecule has 1 aromatic heterocycles. The van der Waals surface area contributed by atoms with E-state index in [4.69, 9.17) is 9.15 Å². The molecule has 0 saturated carbocycles. The first-order valence-corrected chi connectivity index (χ1v) is 6.89. The second-order valence-electron chi connectivity index (χ2n) is 4.12. The van der Waals surface area contributed by atoms with Crippen LogP contribution < -0.4 is 4.74 Å². The summed E-state index contributed by atoms with van der Waals surface area (Å²) < 4.78 is 10.3. The molecule has 0 unspecified atom stereocenters. The molecule has 0 atom stereocenters. The van der Waals surface area contributed by atoms with E-state index in [1.54, 1.807) is 13.4 Å². The van der Waals surface area contributed by atoms with Crippen molar-refractivity contribution in [3.05, 3.63) is 79.6 Å². The van der Waals surface area contributed by atoms with E-state index in [9.17, 15) is 0 Å². The summed E-state index contributed by atoms with van der Waals surface area (Å²) in [5.74, 6) is 0.991. The lowest BCUT2D eigenvalue weighted by molar-refractivity contribution is 0.410. The second-order valence-corrected chi connectivity index (χ2v) is 4.12. The molecule has 0 N–H and O–H groups in total. The van der Waals surface area contributed by atoms with Gasteiger partial charge in [0.1, 0.15) is 11.3 Å². The molecule has 0 fully saturated rings. The van der Waals surface area contributed by atoms with Gasteiger partial charge >= 0.3 is 0 Å². The summed E-state index contributed by atoms with van der Waals surface area (Å²) in [4.78, 5) is 0. The van der Waals surface area contributed by atoms with Crippen LogP contribution in [0.4, 0.5) is 0 Å². The minimum atomic E-state index is 0.956. The fourth-order valence-electron chi connectivity index (χ4n) is 1.90. The number of aryl methyl sites for hydroxylation is 1. The van der Waals surface area contributed by atoms with Gasteiger partial charge in [-0.05, 0) is 30.2 Å². The summed E-state index contributed by atoms with van der Waals surface area (Å²) in [5.41, 5.74) is 2.22. The molecule has 0 radical (unpaired) electrons. The number of hydrogen-bond acceptors (Lipinski definition) is 2. The van der Waals surface area contributed by atoms with Crippen molar-refractivity contribution >= 4 is 11.0 Å². The maximum absolute atomic E-state index is 5.14. The first-order valence-electron chi connectivity index (χ1n) is 6.89. The molecular weight excluding hydrogens is 260 g/mol. The molecule has 2 nitrogen and oxygen atoms in total. The van der Waals surface area contributed by atoms with Gasteiger partial charge in [-0.3, -0.25) is 0 Å². The highest BCUT2D eigenvalue weighted by molar-refractivity contribution is 5.76. The Balaban J connectivity index is 0.000000188. The van der Waals surface area contributed by atoms with Gasteiger partial charge in [-0.2, -0.15) is 0 Å². The maximum atomic E-state index is 5.14. The van der Waals surface area contributed by atoms with Gasteiger partial charge in [-0.1, -0.05) is 43.3 Å². The van der Waals surface area contributed by atoms with E-state index < -0.39 is 0 Å². The van der Waals surface area contributed by atoms with Crippen LogP contribution in [0.15, 0.2) is 78.4 Å². The lowest BCUT2D eigenvalue weighted by Gasteiger charge is -2.03. The molecule has 21 heavy (non-hydrogen) atoms. The molecule has 2 aromatic carbocycles. The van der Waals surface area contributed by atoms with Crippen molar-refractivity contribution in [2.24, 2.45) is 0 Å². The molecule has 0 saturated heterocycles. The summed E-state index contributed by atoms with van der Waals surface area (Å²) in [6.45, 7) is 8.12. The first-order chi connectivity index (χ1) is 10.3. The molecule has 3 rings (SSSR count). The Morgan fingerprint density at radius 1 is 0.952 bits per heavy atom. The van der Waals surface area contributed by atoms with E-state index >= 15 is 0 Å². The van der Waals surface area contributed by atoms with Crippen molar-refractivity contribution in [2.45, 2.75) is 13.3 Å². The fraction of sp³-hybridized carbons (Fsp3) is 0.158. The predicted molar refractivity (Wildman–Crippen MR) is 89.8 cm³/mol. The van der Waals surface area contributed by atoms with Crippen molar-refractivity contribution < 1.29 is 9.15 Å². The van der Waals surface area contributed by atoms with Crippen LogP contribution in [0.25, 0.3) is 11.0 Å². The zero-order chi connectivity index (χ0) is 15.5. The monoisotopic (exact) mass is 282 g/mol. The SMILES string of the molecule is C=C.CCc1ccccc1OC.c1ccc2occc2c1. The average Bonchev–Trinajstić information content (AvgIpc) is 3.06. The molecule has 110 valence electrons. The number of furan rings is 1. The zero-order valence-electron chi connectivity index (χ0n) is 12.7. The summed E-state index contributed by atoms with van der Waals surface area (Å²) in [7, 11) is 1.70. The molecule has 0 aliphatic carbocycles. The number of benzene rings is 2. The standard InChI is InChI=1S/C9H12O.C8H6O.C2H4/c1-3-8-6-4-5-7-9(8)10-2;1-2-4-8-7(3-1)5-6-9-8;1-2/h4-7H,3H2,1-2H3;1-6H;1-2H2. The minimum Gasteiger partial charge on any atom is -0.496 e. The Bertz CT molecular complexity index is 587. The third-order valence-electron chi connectivity index (χ3n) is 2.94. The third-order valence-corrected chi connectivity index (χ3v) is 2.94. The van der Waals surface area contributed by atoms with E-state index in [-0.39, 0.29) is 0 Å². The molecule has 1 heterocycles. The fourth-order valence-corrected chi connectivity index (χ4v) is 1.90. The summed E-state index contributed by atoms with van der Waals surface area (Å²) >= 11 is 0. The van der Waals surface area contributed by atoms with Crippen LogP contribution in [0.2, 0.25) is 0 Å². The molecule has 0 amide bonds. The van der Waals surface area contributed by atoms with Gasteiger partial charge in [-0.25, -0.2) is 0 Å². The van der Waals surface area contributed by atoms with E-state index in [0.29, 0.717) is 0 Å². The van der Waals surface area contributed by atoms with Crippen LogP contribution in [0, 0.1) is 0 Å². The second kappa shape index (κ2) is 9.43. The first kappa shape index (κ1) is 16.6. The highest BCUT2D eigenvalue weighted by atomic mass is 16.5. The number of rotatable bonds is 2. The molecule has 0 aliphatic heterocycles. The lowest BCUT2D eigenvalue weighted by Crippen LogP contribution is -1.88. The van der Waals surface area contributed by atoms with Gasteiger partial charge in [0.05, 0.1) is 13.4 Å². The highest BCUT2D eigenvalue weighted by Crippen LogP contribution is 2.16. The van der Waals surface area contributed by atoms with Gasteiger partial charge in [0.25, 0.3) is 0 Å². The third kappa shape index (κ3) is 4.84. The van der Waals surface area contributed by atoms with Gasteiger partial charge in [0, 0.05) is 5.39 Å². The Hall–Kier alpha value is -2.48. The number of ether oxygens (including phenoxy) is 1.